The number of hydrogen-bond acceptors (Lipinski definition) is 3. The van der Waals surface area contributed by atoms with E-state index in [-0.39, 0.29) is 12.8 Å². The molecule has 92 valence electrons. The molecule has 2 rings (SSSR count). The summed E-state index contributed by atoms with van der Waals surface area (Å²) in [5.41, 5.74) is 0.723. The van der Waals surface area contributed by atoms with Gasteiger partial charge in [0.25, 0.3) is 0 Å². The molecule has 2 unspecified atom stereocenters. The van der Waals surface area contributed by atoms with Crippen molar-refractivity contribution < 1.29 is 0 Å². The van der Waals surface area contributed by atoms with E-state index >= 15 is 0 Å². The second kappa shape index (κ2) is 4.25. The van der Waals surface area contributed by atoms with E-state index in [1.807, 2.05) is 4.90 Å². The zero-order valence-electron chi connectivity index (χ0n) is 10.1. The Labute approximate surface area is 100 Å². The van der Waals surface area contributed by atoms with Crippen LogP contribution in [0, 0.1) is 22.3 Å². The zero-order chi connectivity index (χ0) is 11.1. The highest BCUT2D eigenvalue weighted by Gasteiger charge is 2.50. The van der Waals surface area contributed by atoms with Gasteiger partial charge in [-0.25, -0.2) is 0 Å². The predicted octanol–water partition coefficient (Wildman–Crippen LogP) is 2.16. The van der Waals surface area contributed by atoms with Gasteiger partial charge in [0.05, 0.1) is 0 Å². The fraction of sp³-hybridized carbons (Fsp3) is 0.923. The summed E-state index contributed by atoms with van der Waals surface area (Å²) < 4.78 is 0. The van der Waals surface area contributed by atoms with E-state index < -0.39 is 0 Å². The van der Waals surface area contributed by atoms with E-state index in [1.165, 1.54) is 19.4 Å². The second-order valence-corrected chi connectivity index (χ2v) is 5.88. The second-order valence-electron chi connectivity index (χ2n) is 5.88. The summed E-state index contributed by atoms with van der Waals surface area (Å²) in [6, 6.07) is 0. The first-order valence-corrected chi connectivity index (χ1v) is 5.82. The van der Waals surface area contributed by atoms with Crippen LogP contribution in [0.15, 0.2) is 0 Å². The average Bonchev–Trinajstić information content (AvgIpc) is 2.19. The van der Waals surface area contributed by atoms with Crippen LogP contribution < -0.4 is 0 Å². The van der Waals surface area contributed by atoms with Gasteiger partial charge in [-0.3, -0.25) is 0 Å². The first-order valence-electron chi connectivity index (χ1n) is 5.82. The summed E-state index contributed by atoms with van der Waals surface area (Å²) in [5.74, 6) is 0. The van der Waals surface area contributed by atoms with Gasteiger partial charge >= 0.3 is 0 Å². The van der Waals surface area contributed by atoms with E-state index in [4.69, 9.17) is 5.26 Å². The Morgan fingerprint density at radius 1 is 1.06 bits per heavy atom. The maximum absolute atomic E-state index is 9.01. The van der Waals surface area contributed by atoms with E-state index in [0.29, 0.717) is 5.41 Å². The molecule has 2 fully saturated rings. The van der Waals surface area contributed by atoms with Crippen molar-refractivity contribution in [1.29, 1.82) is 5.26 Å². The third-order valence-electron chi connectivity index (χ3n) is 4.74. The zero-order valence-corrected chi connectivity index (χ0v) is 10.1. The Hall–Kier alpha value is -0.750. The number of nitriles is 1. The molecule has 0 aromatic heterocycles. The summed E-state index contributed by atoms with van der Waals surface area (Å²) >= 11 is 0. The maximum Gasteiger partial charge on any atom is 0.179 e. The van der Waals surface area contributed by atoms with Gasteiger partial charge in [0.1, 0.15) is 0 Å². The van der Waals surface area contributed by atoms with Crippen LogP contribution in [0.3, 0.4) is 0 Å². The van der Waals surface area contributed by atoms with Gasteiger partial charge in [0, 0.05) is 25.0 Å². The Balaban J connectivity index is 0.00000128. The molecular formula is C13H25N3. The molecule has 16 heavy (non-hydrogen) atoms. The van der Waals surface area contributed by atoms with Gasteiger partial charge in [-0.2, -0.15) is 5.26 Å². The van der Waals surface area contributed by atoms with Crippen LogP contribution in [0.5, 0.6) is 0 Å². The first-order chi connectivity index (χ1) is 6.99. The molecule has 2 atom stereocenters. The van der Waals surface area contributed by atoms with Gasteiger partial charge in [-0.1, -0.05) is 21.3 Å². The topological polar surface area (TPSA) is 30.3 Å². The number of likely N-dealkylation sites (tertiary alicyclic amines) is 2. The Morgan fingerprint density at radius 3 is 2.31 bits per heavy atom. The molecule has 0 spiro atoms. The minimum Gasteiger partial charge on any atom is -0.310 e. The molecule has 0 N–H and O–H groups in total. The van der Waals surface area contributed by atoms with Gasteiger partial charge < -0.3 is 9.80 Å². The van der Waals surface area contributed by atoms with E-state index in [2.05, 4.69) is 32.0 Å². The smallest absolute Gasteiger partial charge is 0.179 e. The molecule has 3 nitrogen and oxygen atoms in total. The quantitative estimate of drug-likeness (QED) is 0.590. The molecular weight excluding hydrogens is 198 g/mol. The summed E-state index contributed by atoms with van der Waals surface area (Å²) in [5, 5.41) is 9.01. The van der Waals surface area contributed by atoms with Crippen molar-refractivity contribution >= 4 is 0 Å². The monoisotopic (exact) mass is 223 g/mol. The lowest BCUT2D eigenvalue weighted by molar-refractivity contribution is -0.0720. The first kappa shape index (κ1) is 13.3. The van der Waals surface area contributed by atoms with Crippen LogP contribution >= 0.6 is 0 Å². The highest BCUT2D eigenvalue weighted by Crippen LogP contribution is 2.50. The summed E-state index contributed by atoms with van der Waals surface area (Å²) in [4.78, 5) is 4.34. The molecule has 2 heterocycles. The van der Waals surface area contributed by atoms with Crippen molar-refractivity contribution in [3.05, 3.63) is 0 Å². The minimum absolute atomic E-state index is 0. The van der Waals surface area contributed by atoms with E-state index in [1.54, 1.807) is 0 Å². The normalized spacial score (nSPS) is 39.5. The van der Waals surface area contributed by atoms with Crippen molar-refractivity contribution in [2.75, 3.05) is 33.2 Å². The lowest BCUT2D eigenvalue weighted by atomic mass is 9.58. The predicted molar refractivity (Wildman–Crippen MR) is 66.9 cm³/mol. The molecule has 2 aliphatic rings. The average molecular weight is 223 g/mol. The third-order valence-corrected chi connectivity index (χ3v) is 4.74. The largest absolute Gasteiger partial charge is 0.310 e. The van der Waals surface area contributed by atoms with E-state index in [9.17, 15) is 0 Å². The van der Waals surface area contributed by atoms with Crippen LogP contribution in [0.4, 0.5) is 0 Å². The molecule has 0 saturated carbocycles. The molecule has 0 amide bonds. The van der Waals surface area contributed by atoms with Gasteiger partial charge in [-0.15, -0.1) is 0 Å². The molecule has 0 radical (unpaired) electrons. The SMILES string of the molecule is C.CN1CCC2(C)CCN(C#N)CC2(C)C1. The number of nitrogens with zero attached hydrogens (tertiary/aromatic N) is 3. The molecule has 3 heteroatoms. The molecule has 0 bridgehead atoms. The van der Waals surface area contributed by atoms with E-state index in [0.717, 1.165) is 19.6 Å². The standard InChI is InChI=1S/C12H21N3.CH4/c1-11-4-6-14(3)8-12(11,2)9-15(10-13)7-5-11;/h4-9H2,1-3H3;1H4. The highest BCUT2D eigenvalue weighted by atomic mass is 15.2. The summed E-state index contributed by atoms with van der Waals surface area (Å²) in [6.07, 6.45) is 4.76. The van der Waals surface area contributed by atoms with Gasteiger partial charge in [0.15, 0.2) is 6.19 Å². The van der Waals surface area contributed by atoms with Gasteiger partial charge in [0.2, 0.25) is 0 Å². The van der Waals surface area contributed by atoms with Crippen LogP contribution in [-0.4, -0.2) is 43.0 Å². The third kappa shape index (κ3) is 1.91. The Bertz CT molecular complexity index is 296. The Morgan fingerprint density at radius 2 is 1.69 bits per heavy atom. The lowest BCUT2D eigenvalue weighted by Gasteiger charge is -2.57. The fourth-order valence-corrected chi connectivity index (χ4v) is 3.24. The van der Waals surface area contributed by atoms with Crippen LogP contribution in [-0.2, 0) is 0 Å². The van der Waals surface area contributed by atoms with Crippen molar-refractivity contribution in [3.8, 4) is 6.19 Å². The minimum atomic E-state index is 0. The molecule has 2 aliphatic heterocycles. The van der Waals surface area contributed by atoms with Crippen LogP contribution in [0.25, 0.3) is 0 Å². The lowest BCUT2D eigenvalue weighted by Crippen LogP contribution is -2.59. The van der Waals surface area contributed by atoms with Crippen molar-refractivity contribution in [2.45, 2.75) is 34.1 Å². The van der Waals surface area contributed by atoms with Crippen LogP contribution in [0.1, 0.15) is 34.1 Å². The summed E-state index contributed by atoms with van der Waals surface area (Å²) in [6.45, 7) is 8.98. The Kier molecular flexibility index (Phi) is 3.54. The van der Waals surface area contributed by atoms with Gasteiger partial charge in [-0.05, 0) is 31.8 Å². The number of fused-ring (bicyclic) bond motifs is 1. The van der Waals surface area contributed by atoms with Crippen molar-refractivity contribution in [1.82, 2.24) is 9.80 Å². The van der Waals surface area contributed by atoms with Crippen molar-refractivity contribution in [3.63, 3.8) is 0 Å². The summed E-state index contributed by atoms with van der Waals surface area (Å²) in [7, 11) is 2.19. The maximum atomic E-state index is 9.01. The van der Waals surface area contributed by atoms with Crippen molar-refractivity contribution in [2.24, 2.45) is 10.8 Å². The molecule has 2 saturated heterocycles. The molecule has 0 aromatic rings. The molecule has 0 aliphatic carbocycles. The number of hydrogen-bond donors (Lipinski definition) is 0. The molecule has 0 aromatic carbocycles. The highest BCUT2D eigenvalue weighted by molar-refractivity contribution is 5.04. The van der Waals surface area contributed by atoms with Crippen LogP contribution in [0.2, 0.25) is 0 Å². The fourth-order valence-electron chi connectivity index (χ4n) is 3.24. The number of rotatable bonds is 0. The number of piperidine rings is 2.